The van der Waals surface area contributed by atoms with Crippen molar-refractivity contribution in [2.24, 2.45) is 0 Å². The normalized spacial score (nSPS) is 11.2. The summed E-state index contributed by atoms with van der Waals surface area (Å²) in [5.41, 5.74) is 6.62. The van der Waals surface area contributed by atoms with Crippen LogP contribution >= 0.6 is 0 Å². The summed E-state index contributed by atoms with van der Waals surface area (Å²) in [6.45, 7) is 8.70. The summed E-state index contributed by atoms with van der Waals surface area (Å²) < 4.78 is 2.27. The molecule has 1 heteroatoms. The van der Waals surface area contributed by atoms with Gasteiger partial charge >= 0.3 is 0 Å². The first-order valence-corrected chi connectivity index (χ1v) is 6.72. The molecule has 0 unspecified atom stereocenters. The molecule has 96 valence electrons. The fraction of sp³-hybridized carbons (Fsp3) is 0.222. The van der Waals surface area contributed by atoms with Crippen LogP contribution in [0.25, 0.3) is 16.5 Å². The molecule has 2 aromatic carbocycles. The average Bonchev–Trinajstić information content (AvgIpc) is 2.72. The quantitative estimate of drug-likeness (QED) is 0.580. The van der Waals surface area contributed by atoms with E-state index in [2.05, 4.69) is 75.0 Å². The molecule has 0 saturated heterocycles. The molecule has 1 heterocycles. The van der Waals surface area contributed by atoms with Crippen molar-refractivity contribution in [1.82, 2.24) is 4.57 Å². The predicted octanol–water partition coefficient (Wildman–Crippen LogP) is 4.86. The Balaban J connectivity index is 2.28. The standard InChI is InChI=1S/C18H19N/c1-12-8-14(3)18(15(4)9-12)19-10-16-7-5-6-13(2)17(16)11-19/h5-11H,1-4H3. The van der Waals surface area contributed by atoms with Crippen LogP contribution in [0.15, 0.2) is 42.7 Å². The predicted molar refractivity (Wildman–Crippen MR) is 82.2 cm³/mol. The molecular formula is C18H19N. The van der Waals surface area contributed by atoms with Gasteiger partial charge in [0.05, 0.1) is 5.69 Å². The average molecular weight is 249 g/mol. The first kappa shape index (κ1) is 12.0. The van der Waals surface area contributed by atoms with Crippen molar-refractivity contribution in [3.05, 3.63) is 65.0 Å². The summed E-state index contributed by atoms with van der Waals surface area (Å²) in [4.78, 5) is 0. The minimum atomic E-state index is 1.30. The Morgan fingerprint density at radius 3 is 2.11 bits per heavy atom. The van der Waals surface area contributed by atoms with Gasteiger partial charge in [0.2, 0.25) is 0 Å². The molecule has 1 nitrogen and oxygen atoms in total. The minimum Gasteiger partial charge on any atom is -0.322 e. The number of nitrogens with zero attached hydrogens (tertiary/aromatic N) is 1. The summed E-state index contributed by atoms with van der Waals surface area (Å²) >= 11 is 0. The van der Waals surface area contributed by atoms with E-state index in [1.807, 2.05) is 0 Å². The number of fused-ring (bicyclic) bond motifs is 1. The van der Waals surface area contributed by atoms with Gasteiger partial charge in [0.1, 0.15) is 0 Å². The first-order valence-electron chi connectivity index (χ1n) is 6.72. The van der Waals surface area contributed by atoms with E-state index in [1.165, 1.54) is 38.7 Å². The summed E-state index contributed by atoms with van der Waals surface area (Å²) in [5.74, 6) is 0. The van der Waals surface area contributed by atoms with Gasteiger partial charge in [0, 0.05) is 23.2 Å². The Kier molecular flexibility index (Phi) is 2.70. The summed E-state index contributed by atoms with van der Waals surface area (Å²) in [5, 5.41) is 2.64. The van der Waals surface area contributed by atoms with E-state index >= 15 is 0 Å². The van der Waals surface area contributed by atoms with Crippen molar-refractivity contribution in [3.8, 4) is 5.69 Å². The largest absolute Gasteiger partial charge is 0.322 e. The highest BCUT2D eigenvalue weighted by Gasteiger charge is 2.08. The maximum absolute atomic E-state index is 2.27. The fourth-order valence-corrected chi connectivity index (χ4v) is 3.03. The van der Waals surface area contributed by atoms with E-state index in [0.29, 0.717) is 0 Å². The summed E-state index contributed by atoms with van der Waals surface area (Å²) in [6, 6.07) is 11.0. The van der Waals surface area contributed by atoms with Gasteiger partial charge in [-0.3, -0.25) is 0 Å². The van der Waals surface area contributed by atoms with Crippen molar-refractivity contribution >= 4 is 10.8 Å². The molecule has 0 amide bonds. The maximum atomic E-state index is 2.27. The van der Waals surface area contributed by atoms with Crippen LogP contribution in [0.4, 0.5) is 0 Å². The van der Waals surface area contributed by atoms with E-state index in [4.69, 9.17) is 0 Å². The van der Waals surface area contributed by atoms with Crippen molar-refractivity contribution in [1.29, 1.82) is 0 Å². The lowest BCUT2D eigenvalue weighted by Gasteiger charge is -2.12. The molecule has 0 aliphatic heterocycles. The molecule has 0 saturated carbocycles. The van der Waals surface area contributed by atoms with E-state index in [1.54, 1.807) is 0 Å². The summed E-state index contributed by atoms with van der Waals surface area (Å²) in [6.07, 6.45) is 4.47. The molecule has 3 rings (SSSR count). The number of aryl methyl sites for hydroxylation is 4. The highest BCUT2D eigenvalue weighted by Crippen LogP contribution is 2.26. The van der Waals surface area contributed by atoms with Crippen LogP contribution in [0, 0.1) is 27.7 Å². The molecular weight excluding hydrogens is 230 g/mol. The van der Waals surface area contributed by atoms with Crippen LogP contribution in [0.2, 0.25) is 0 Å². The van der Waals surface area contributed by atoms with Crippen LogP contribution < -0.4 is 0 Å². The second kappa shape index (κ2) is 4.27. The van der Waals surface area contributed by atoms with Crippen molar-refractivity contribution < 1.29 is 0 Å². The Morgan fingerprint density at radius 2 is 1.47 bits per heavy atom. The minimum absolute atomic E-state index is 1.30. The Hall–Kier alpha value is -2.02. The molecule has 3 aromatic rings. The Bertz CT molecular complexity index is 739. The van der Waals surface area contributed by atoms with Gasteiger partial charge in [-0.1, -0.05) is 35.9 Å². The number of hydrogen-bond donors (Lipinski definition) is 0. The molecule has 0 atom stereocenters. The van der Waals surface area contributed by atoms with Crippen LogP contribution in [0.3, 0.4) is 0 Å². The van der Waals surface area contributed by atoms with Crippen LogP contribution in [-0.4, -0.2) is 4.57 Å². The lowest BCUT2D eigenvalue weighted by atomic mass is 10.1. The monoisotopic (exact) mass is 249 g/mol. The third kappa shape index (κ3) is 1.95. The highest BCUT2D eigenvalue weighted by molar-refractivity contribution is 5.86. The molecule has 19 heavy (non-hydrogen) atoms. The van der Waals surface area contributed by atoms with Gasteiger partial charge in [0.25, 0.3) is 0 Å². The number of benzene rings is 2. The number of rotatable bonds is 1. The number of aromatic nitrogens is 1. The molecule has 0 fully saturated rings. The first-order chi connectivity index (χ1) is 9.06. The molecule has 0 bridgehead atoms. The van der Waals surface area contributed by atoms with E-state index < -0.39 is 0 Å². The third-order valence-corrected chi connectivity index (χ3v) is 3.80. The fourth-order valence-electron chi connectivity index (χ4n) is 3.03. The molecule has 0 aliphatic rings. The van der Waals surface area contributed by atoms with Gasteiger partial charge in [0.15, 0.2) is 0 Å². The van der Waals surface area contributed by atoms with Crippen molar-refractivity contribution in [2.45, 2.75) is 27.7 Å². The van der Waals surface area contributed by atoms with Crippen LogP contribution in [0.1, 0.15) is 22.3 Å². The lowest BCUT2D eigenvalue weighted by molar-refractivity contribution is 1.04. The van der Waals surface area contributed by atoms with Crippen LogP contribution in [0.5, 0.6) is 0 Å². The van der Waals surface area contributed by atoms with E-state index in [9.17, 15) is 0 Å². The molecule has 0 radical (unpaired) electrons. The topological polar surface area (TPSA) is 4.93 Å². The SMILES string of the molecule is Cc1cc(C)c(-n2cc3cccc(C)c3c2)c(C)c1. The second-order valence-electron chi connectivity index (χ2n) is 5.49. The Labute approximate surface area is 114 Å². The second-order valence-corrected chi connectivity index (χ2v) is 5.49. The zero-order valence-electron chi connectivity index (χ0n) is 12.0. The van der Waals surface area contributed by atoms with Gasteiger partial charge in [-0.15, -0.1) is 0 Å². The molecule has 0 spiro atoms. The molecule has 0 N–H and O–H groups in total. The van der Waals surface area contributed by atoms with Crippen molar-refractivity contribution in [2.75, 3.05) is 0 Å². The third-order valence-electron chi connectivity index (χ3n) is 3.80. The zero-order chi connectivity index (χ0) is 13.6. The molecule has 1 aromatic heterocycles. The van der Waals surface area contributed by atoms with Crippen molar-refractivity contribution in [3.63, 3.8) is 0 Å². The molecule has 0 aliphatic carbocycles. The lowest BCUT2D eigenvalue weighted by Crippen LogP contribution is -1.98. The smallest absolute Gasteiger partial charge is 0.0508 e. The van der Waals surface area contributed by atoms with Gasteiger partial charge in [-0.25, -0.2) is 0 Å². The van der Waals surface area contributed by atoms with E-state index in [0.717, 1.165) is 0 Å². The Morgan fingerprint density at radius 1 is 0.789 bits per heavy atom. The van der Waals surface area contributed by atoms with Gasteiger partial charge in [-0.05, 0) is 44.4 Å². The number of hydrogen-bond acceptors (Lipinski definition) is 0. The van der Waals surface area contributed by atoms with Gasteiger partial charge in [-0.2, -0.15) is 0 Å². The zero-order valence-corrected chi connectivity index (χ0v) is 12.0. The maximum Gasteiger partial charge on any atom is 0.0508 e. The summed E-state index contributed by atoms with van der Waals surface area (Å²) in [7, 11) is 0. The van der Waals surface area contributed by atoms with E-state index in [-0.39, 0.29) is 0 Å². The van der Waals surface area contributed by atoms with Crippen LogP contribution in [-0.2, 0) is 0 Å². The van der Waals surface area contributed by atoms with Gasteiger partial charge < -0.3 is 4.57 Å². The highest BCUT2D eigenvalue weighted by atomic mass is 15.0.